The van der Waals surface area contributed by atoms with Gasteiger partial charge in [-0.1, -0.05) is 56.1 Å². The van der Waals surface area contributed by atoms with Crippen LogP contribution in [0.1, 0.15) is 43.6 Å². The van der Waals surface area contributed by atoms with Crippen LogP contribution in [0.3, 0.4) is 0 Å². The van der Waals surface area contributed by atoms with Gasteiger partial charge in [0.15, 0.2) is 0 Å². The molecule has 3 nitrogen and oxygen atoms in total. The van der Waals surface area contributed by atoms with Crippen LogP contribution in [0.15, 0.2) is 24.3 Å². The zero-order valence-electron chi connectivity index (χ0n) is 12.8. The van der Waals surface area contributed by atoms with Crippen molar-refractivity contribution in [2.24, 2.45) is 12.8 Å². The quantitative estimate of drug-likeness (QED) is 0.922. The predicted molar refractivity (Wildman–Crippen MR) is 89.3 cm³/mol. The summed E-state index contributed by atoms with van der Waals surface area (Å²) in [5.41, 5.74) is 9.02. The molecule has 1 atom stereocenters. The molecule has 0 saturated heterocycles. The van der Waals surface area contributed by atoms with E-state index in [9.17, 15) is 0 Å². The Balaban J connectivity index is 2.52. The molecular weight excluding hydrogens is 305 g/mol. The van der Waals surface area contributed by atoms with E-state index >= 15 is 0 Å². The number of nitrogens with zero attached hydrogens (tertiary/aromatic N) is 2. The van der Waals surface area contributed by atoms with Gasteiger partial charge in [-0.3, -0.25) is 4.68 Å². The van der Waals surface area contributed by atoms with Gasteiger partial charge in [0.05, 0.1) is 15.7 Å². The number of hydrogen-bond donors (Lipinski definition) is 1. The van der Waals surface area contributed by atoms with E-state index in [1.165, 1.54) is 0 Å². The summed E-state index contributed by atoms with van der Waals surface area (Å²) in [5.74, 6) is -0.0233. The van der Waals surface area contributed by atoms with Crippen molar-refractivity contribution in [1.82, 2.24) is 9.78 Å². The Bertz CT molecular complexity index is 641. The number of nitrogens with two attached hydrogens (primary N) is 1. The molecule has 5 heteroatoms. The van der Waals surface area contributed by atoms with Gasteiger partial charge in [-0.15, -0.1) is 0 Å². The molecule has 1 unspecified atom stereocenters. The maximum atomic E-state index is 6.35. The predicted octanol–water partition coefficient (Wildman–Crippen LogP) is 4.12. The van der Waals surface area contributed by atoms with Gasteiger partial charge in [0.1, 0.15) is 0 Å². The number of rotatable bonds is 3. The molecule has 2 N–H and O–H groups in total. The minimum Gasteiger partial charge on any atom is -0.329 e. The largest absolute Gasteiger partial charge is 0.329 e. The van der Waals surface area contributed by atoms with Gasteiger partial charge in [-0.25, -0.2) is 0 Å². The monoisotopic (exact) mass is 325 g/mol. The van der Waals surface area contributed by atoms with Crippen LogP contribution in [0.25, 0.3) is 0 Å². The van der Waals surface area contributed by atoms with E-state index in [0.29, 0.717) is 16.6 Å². The van der Waals surface area contributed by atoms with Crippen molar-refractivity contribution in [3.8, 4) is 0 Å². The third kappa shape index (κ3) is 3.25. The molecular formula is C16H21Cl2N3. The maximum absolute atomic E-state index is 6.35. The first-order valence-electron chi connectivity index (χ1n) is 6.94. The summed E-state index contributed by atoms with van der Waals surface area (Å²) in [6.45, 7) is 6.87. The van der Waals surface area contributed by atoms with E-state index in [1.54, 1.807) is 6.07 Å². The minimum atomic E-state index is -0.0233. The molecule has 21 heavy (non-hydrogen) atoms. The van der Waals surface area contributed by atoms with Gasteiger partial charge in [0, 0.05) is 30.6 Å². The molecule has 0 saturated carbocycles. The molecule has 1 heterocycles. The molecule has 0 fully saturated rings. The molecule has 0 bridgehead atoms. The van der Waals surface area contributed by atoms with Crippen molar-refractivity contribution >= 4 is 23.2 Å². The van der Waals surface area contributed by atoms with E-state index in [2.05, 4.69) is 31.9 Å². The Hall–Kier alpha value is -1.03. The van der Waals surface area contributed by atoms with E-state index in [4.69, 9.17) is 28.9 Å². The number of hydrogen-bond acceptors (Lipinski definition) is 2. The highest BCUT2D eigenvalue weighted by atomic mass is 35.5. The Morgan fingerprint density at radius 2 is 1.95 bits per heavy atom. The van der Waals surface area contributed by atoms with Gasteiger partial charge in [0.25, 0.3) is 0 Å². The molecule has 0 radical (unpaired) electrons. The van der Waals surface area contributed by atoms with E-state index in [1.807, 2.05) is 23.9 Å². The lowest BCUT2D eigenvalue weighted by atomic mass is 9.90. The number of halogens is 2. The molecule has 0 amide bonds. The molecule has 0 aliphatic heterocycles. The summed E-state index contributed by atoms with van der Waals surface area (Å²) in [6.07, 6.45) is 0. The van der Waals surface area contributed by atoms with Crippen LogP contribution in [0.4, 0.5) is 0 Å². The fourth-order valence-electron chi connectivity index (χ4n) is 2.37. The van der Waals surface area contributed by atoms with Crippen LogP contribution >= 0.6 is 23.2 Å². The summed E-state index contributed by atoms with van der Waals surface area (Å²) in [4.78, 5) is 0. The highest BCUT2D eigenvalue weighted by Crippen LogP contribution is 2.35. The van der Waals surface area contributed by atoms with Crippen LogP contribution in [0, 0.1) is 0 Å². The highest BCUT2D eigenvalue weighted by molar-refractivity contribution is 6.42. The molecule has 2 aromatic rings. The van der Waals surface area contributed by atoms with Gasteiger partial charge >= 0.3 is 0 Å². The van der Waals surface area contributed by atoms with E-state index < -0.39 is 0 Å². The summed E-state index contributed by atoms with van der Waals surface area (Å²) >= 11 is 12.5. The average molecular weight is 326 g/mol. The summed E-state index contributed by atoms with van der Waals surface area (Å²) in [6, 6.07) is 7.75. The van der Waals surface area contributed by atoms with Crippen molar-refractivity contribution in [1.29, 1.82) is 0 Å². The SMILES string of the molecule is Cn1nc(C(C)(C)C)cc1C(CN)c1cccc(Cl)c1Cl. The Labute approximate surface area is 136 Å². The lowest BCUT2D eigenvalue weighted by Crippen LogP contribution is -2.17. The summed E-state index contributed by atoms with van der Waals surface area (Å²) in [5, 5.41) is 5.72. The van der Waals surface area contributed by atoms with E-state index in [-0.39, 0.29) is 11.3 Å². The van der Waals surface area contributed by atoms with Crippen molar-refractivity contribution in [2.75, 3.05) is 6.54 Å². The average Bonchev–Trinajstić information content (AvgIpc) is 2.78. The van der Waals surface area contributed by atoms with Crippen molar-refractivity contribution in [3.05, 3.63) is 51.3 Å². The normalized spacial score (nSPS) is 13.5. The van der Waals surface area contributed by atoms with Crippen molar-refractivity contribution < 1.29 is 0 Å². The van der Waals surface area contributed by atoms with Gasteiger partial charge in [-0.05, 0) is 17.7 Å². The molecule has 1 aromatic carbocycles. The van der Waals surface area contributed by atoms with Crippen molar-refractivity contribution in [3.63, 3.8) is 0 Å². The second-order valence-corrected chi connectivity index (χ2v) is 7.04. The van der Waals surface area contributed by atoms with Crippen LogP contribution in [0.5, 0.6) is 0 Å². The zero-order chi connectivity index (χ0) is 15.8. The fraction of sp³-hybridized carbons (Fsp3) is 0.438. The zero-order valence-corrected chi connectivity index (χ0v) is 14.3. The number of benzene rings is 1. The molecule has 2 rings (SSSR count). The smallest absolute Gasteiger partial charge is 0.0681 e. The van der Waals surface area contributed by atoms with Crippen LogP contribution in [-0.4, -0.2) is 16.3 Å². The Morgan fingerprint density at radius 3 is 2.48 bits per heavy atom. The first-order chi connectivity index (χ1) is 9.75. The lowest BCUT2D eigenvalue weighted by molar-refractivity contribution is 0.550. The maximum Gasteiger partial charge on any atom is 0.0681 e. The third-order valence-electron chi connectivity index (χ3n) is 3.63. The van der Waals surface area contributed by atoms with Crippen LogP contribution < -0.4 is 5.73 Å². The Morgan fingerprint density at radius 1 is 1.29 bits per heavy atom. The molecule has 0 aliphatic carbocycles. The highest BCUT2D eigenvalue weighted by Gasteiger charge is 2.24. The topological polar surface area (TPSA) is 43.8 Å². The first kappa shape index (κ1) is 16.3. The van der Waals surface area contributed by atoms with Gasteiger partial charge in [-0.2, -0.15) is 5.10 Å². The number of aryl methyl sites for hydroxylation is 1. The standard InChI is InChI=1S/C16H21Cl2N3/c1-16(2,3)14-8-13(21(4)20-14)11(9-19)10-6-5-7-12(17)15(10)18/h5-8,11H,9,19H2,1-4H3. The third-order valence-corrected chi connectivity index (χ3v) is 4.47. The van der Waals surface area contributed by atoms with Crippen molar-refractivity contribution in [2.45, 2.75) is 32.1 Å². The summed E-state index contributed by atoms with van der Waals surface area (Å²) < 4.78 is 1.88. The fourth-order valence-corrected chi connectivity index (χ4v) is 2.81. The molecule has 1 aromatic heterocycles. The second kappa shape index (κ2) is 5.99. The summed E-state index contributed by atoms with van der Waals surface area (Å²) in [7, 11) is 1.94. The number of aromatic nitrogens is 2. The van der Waals surface area contributed by atoms with Gasteiger partial charge in [0.2, 0.25) is 0 Å². The van der Waals surface area contributed by atoms with Gasteiger partial charge < -0.3 is 5.73 Å². The minimum absolute atomic E-state index is 0.00666. The Kier molecular flexibility index (Phi) is 4.66. The lowest BCUT2D eigenvalue weighted by Gasteiger charge is -2.17. The molecule has 114 valence electrons. The van der Waals surface area contributed by atoms with Crippen LogP contribution in [0.2, 0.25) is 10.0 Å². The molecule has 0 spiro atoms. The molecule has 0 aliphatic rings. The van der Waals surface area contributed by atoms with E-state index in [0.717, 1.165) is 17.0 Å². The second-order valence-electron chi connectivity index (χ2n) is 6.26. The first-order valence-corrected chi connectivity index (χ1v) is 7.69. The van der Waals surface area contributed by atoms with Crippen LogP contribution in [-0.2, 0) is 12.5 Å².